The molecule has 0 amide bonds. The van der Waals surface area contributed by atoms with Crippen LogP contribution in [0.4, 0.5) is 0 Å². The predicted octanol–water partition coefficient (Wildman–Crippen LogP) is 2.24. The van der Waals surface area contributed by atoms with E-state index in [9.17, 15) is 8.42 Å². The number of rotatable bonds is 8. The van der Waals surface area contributed by atoms with Crippen LogP contribution >= 0.6 is 11.6 Å². The van der Waals surface area contributed by atoms with Crippen LogP contribution in [0.5, 0.6) is 0 Å². The van der Waals surface area contributed by atoms with Gasteiger partial charge in [0.15, 0.2) is 5.96 Å². The van der Waals surface area contributed by atoms with Gasteiger partial charge < -0.3 is 10.6 Å². The van der Waals surface area contributed by atoms with Gasteiger partial charge in [-0.2, -0.15) is 0 Å². The van der Waals surface area contributed by atoms with Crippen LogP contribution < -0.4 is 10.6 Å². The zero-order chi connectivity index (χ0) is 18.2. The molecule has 0 aliphatic rings. The van der Waals surface area contributed by atoms with E-state index in [-0.39, 0.29) is 11.8 Å². The quantitative estimate of drug-likeness (QED) is 0.540. The summed E-state index contributed by atoms with van der Waals surface area (Å²) >= 11 is 6.01. The van der Waals surface area contributed by atoms with Gasteiger partial charge in [0.2, 0.25) is 10.0 Å². The third kappa shape index (κ3) is 6.30. The monoisotopic (exact) mass is 374 g/mol. The van der Waals surface area contributed by atoms with Gasteiger partial charge in [-0.15, -0.1) is 0 Å². The molecule has 0 saturated carbocycles. The Labute approximate surface area is 150 Å². The minimum absolute atomic E-state index is 0.00529. The van der Waals surface area contributed by atoms with Crippen molar-refractivity contribution in [3.63, 3.8) is 0 Å². The summed E-state index contributed by atoms with van der Waals surface area (Å²) in [6.45, 7) is 6.92. The van der Waals surface area contributed by atoms with Gasteiger partial charge in [0, 0.05) is 31.7 Å². The van der Waals surface area contributed by atoms with Gasteiger partial charge in [0.05, 0.1) is 11.8 Å². The molecule has 1 aromatic carbocycles. The van der Waals surface area contributed by atoms with E-state index < -0.39 is 10.0 Å². The fraction of sp³-hybridized carbons (Fsp3) is 0.562. The van der Waals surface area contributed by atoms with E-state index in [2.05, 4.69) is 15.6 Å². The molecule has 0 bridgehead atoms. The summed E-state index contributed by atoms with van der Waals surface area (Å²) in [5.74, 6) is 0.582. The van der Waals surface area contributed by atoms with Crippen LogP contribution in [-0.4, -0.2) is 51.1 Å². The lowest BCUT2D eigenvalue weighted by Gasteiger charge is -2.20. The van der Waals surface area contributed by atoms with Crippen LogP contribution in [-0.2, 0) is 10.0 Å². The molecular weight excluding hydrogens is 348 g/mol. The van der Waals surface area contributed by atoms with Gasteiger partial charge in [-0.05, 0) is 24.6 Å². The molecule has 0 aromatic heterocycles. The second-order valence-electron chi connectivity index (χ2n) is 5.32. The van der Waals surface area contributed by atoms with Crippen molar-refractivity contribution in [3.8, 4) is 0 Å². The third-order valence-corrected chi connectivity index (χ3v) is 5.94. The van der Waals surface area contributed by atoms with E-state index in [0.717, 1.165) is 5.56 Å². The second kappa shape index (κ2) is 9.86. The Balaban J connectivity index is 2.57. The van der Waals surface area contributed by atoms with Crippen molar-refractivity contribution in [1.29, 1.82) is 0 Å². The van der Waals surface area contributed by atoms with Gasteiger partial charge in [-0.3, -0.25) is 4.99 Å². The number of nitrogens with one attached hydrogen (secondary N) is 2. The molecule has 1 atom stereocenters. The molecule has 6 nitrogen and oxygen atoms in total. The fourth-order valence-electron chi connectivity index (χ4n) is 2.30. The number of sulfonamides is 1. The summed E-state index contributed by atoms with van der Waals surface area (Å²) < 4.78 is 25.8. The average molecular weight is 375 g/mol. The molecule has 0 heterocycles. The molecule has 2 N–H and O–H groups in total. The molecule has 0 fully saturated rings. The Bertz CT molecular complexity index is 645. The summed E-state index contributed by atoms with van der Waals surface area (Å²) in [6, 6.07) is 7.57. The van der Waals surface area contributed by atoms with E-state index >= 15 is 0 Å². The van der Waals surface area contributed by atoms with Crippen LogP contribution in [0.15, 0.2) is 29.3 Å². The lowest BCUT2D eigenvalue weighted by Crippen LogP contribution is -2.42. The van der Waals surface area contributed by atoms with Crippen molar-refractivity contribution >= 4 is 27.6 Å². The number of hydrogen-bond acceptors (Lipinski definition) is 3. The highest BCUT2D eigenvalue weighted by atomic mass is 35.5. The second-order valence-corrected chi connectivity index (χ2v) is 7.85. The first-order valence-electron chi connectivity index (χ1n) is 8.04. The lowest BCUT2D eigenvalue weighted by molar-refractivity contribution is 0.445. The van der Waals surface area contributed by atoms with Crippen LogP contribution in [0.2, 0.25) is 5.02 Å². The first-order valence-corrected chi connectivity index (χ1v) is 10.0. The Hall–Kier alpha value is -1.31. The minimum Gasteiger partial charge on any atom is -0.355 e. The highest BCUT2D eigenvalue weighted by Gasteiger charge is 2.18. The van der Waals surface area contributed by atoms with Crippen LogP contribution in [0.25, 0.3) is 0 Å². The van der Waals surface area contributed by atoms with Crippen molar-refractivity contribution in [2.45, 2.75) is 26.8 Å². The summed E-state index contributed by atoms with van der Waals surface area (Å²) in [7, 11) is -1.59. The highest BCUT2D eigenvalue weighted by Crippen LogP contribution is 2.17. The van der Waals surface area contributed by atoms with Crippen molar-refractivity contribution in [3.05, 3.63) is 34.9 Å². The molecule has 1 aromatic rings. The molecular formula is C16H27ClN4O2S. The number of hydrogen-bond donors (Lipinski definition) is 2. The molecule has 24 heavy (non-hydrogen) atoms. The highest BCUT2D eigenvalue weighted by molar-refractivity contribution is 7.89. The summed E-state index contributed by atoms with van der Waals surface area (Å²) in [5, 5.41) is 6.94. The minimum atomic E-state index is -3.24. The number of benzene rings is 1. The zero-order valence-corrected chi connectivity index (χ0v) is 16.3. The molecule has 0 spiro atoms. The van der Waals surface area contributed by atoms with Gasteiger partial charge in [-0.1, -0.05) is 37.6 Å². The predicted molar refractivity (Wildman–Crippen MR) is 101 cm³/mol. The topological polar surface area (TPSA) is 73.8 Å². The number of nitrogens with zero attached hydrogens (tertiary/aromatic N) is 2. The van der Waals surface area contributed by atoms with Crippen molar-refractivity contribution < 1.29 is 8.42 Å². The summed E-state index contributed by atoms with van der Waals surface area (Å²) in [5.41, 5.74) is 1.03. The first-order chi connectivity index (χ1) is 11.3. The summed E-state index contributed by atoms with van der Waals surface area (Å²) in [6.07, 6.45) is 0. The van der Waals surface area contributed by atoms with Crippen LogP contribution in [0.3, 0.4) is 0 Å². The van der Waals surface area contributed by atoms with Gasteiger partial charge in [0.25, 0.3) is 0 Å². The maximum Gasteiger partial charge on any atom is 0.215 e. The first kappa shape index (κ1) is 20.7. The SMILES string of the molecule is CCN(CC)S(=O)(=O)CCNC(=NC)NC(C)c1cccc(Cl)c1. The third-order valence-electron chi connectivity index (χ3n) is 3.68. The molecule has 1 rings (SSSR count). The van der Waals surface area contributed by atoms with Gasteiger partial charge in [0.1, 0.15) is 0 Å². The molecule has 0 radical (unpaired) electrons. The largest absolute Gasteiger partial charge is 0.355 e. The number of guanidine groups is 1. The van der Waals surface area contributed by atoms with Gasteiger partial charge in [-0.25, -0.2) is 12.7 Å². The van der Waals surface area contributed by atoms with E-state index in [1.807, 2.05) is 45.0 Å². The van der Waals surface area contributed by atoms with Crippen molar-refractivity contribution in [2.24, 2.45) is 4.99 Å². The van der Waals surface area contributed by atoms with E-state index in [1.54, 1.807) is 7.05 Å². The fourth-order valence-corrected chi connectivity index (χ4v) is 3.91. The Morgan fingerprint density at radius 1 is 1.33 bits per heavy atom. The van der Waals surface area contributed by atoms with Crippen LogP contribution in [0, 0.1) is 0 Å². The normalized spacial score (nSPS) is 13.8. The smallest absolute Gasteiger partial charge is 0.215 e. The van der Waals surface area contributed by atoms with Crippen molar-refractivity contribution in [1.82, 2.24) is 14.9 Å². The zero-order valence-electron chi connectivity index (χ0n) is 14.7. The maximum absolute atomic E-state index is 12.2. The summed E-state index contributed by atoms with van der Waals surface area (Å²) in [4.78, 5) is 4.13. The molecule has 136 valence electrons. The van der Waals surface area contributed by atoms with E-state index in [4.69, 9.17) is 11.6 Å². The molecule has 0 aliphatic heterocycles. The van der Waals surface area contributed by atoms with E-state index in [0.29, 0.717) is 30.6 Å². The maximum atomic E-state index is 12.2. The van der Waals surface area contributed by atoms with Gasteiger partial charge >= 0.3 is 0 Å². The molecule has 0 aliphatic carbocycles. The Morgan fingerprint density at radius 2 is 2.00 bits per heavy atom. The number of aliphatic imine (C=N–C) groups is 1. The van der Waals surface area contributed by atoms with Crippen molar-refractivity contribution in [2.75, 3.05) is 32.4 Å². The molecule has 8 heteroatoms. The molecule has 1 unspecified atom stereocenters. The Morgan fingerprint density at radius 3 is 2.54 bits per heavy atom. The lowest BCUT2D eigenvalue weighted by atomic mass is 10.1. The number of halogens is 1. The molecule has 0 saturated heterocycles. The Kier molecular flexibility index (Phi) is 8.52. The van der Waals surface area contributed by atoms with Crippen LogP contribution in [0.1, 0.15) is 32.4 Å². The van der Waals surface area contributed by atoms with E-state index in [1.165, 1.54) is 4.31 Å². The average Bonchev–Trinajstić information content (AvgIpc) is 2.54. The standard InChI is InChI=1S/C16H27ClN4O2S/c1-5-21(6-2)24(22,23)11-10-19-16(18-4)20-13(3)14-8-7-9-15(17)12-14/h7-9,12-13H,5-6,10-11H2,1-4H3,(H2,18,19,20).